The maximum atomic E-state index is 12.2. The molecule has 1 aromatic heterocycles. The number of carboxylic acid groups (broad SMARTS) is 1. The van der Waals surface area contributed by atoms with E-state index in [1.807, 2.05) is 31.2 Å². The average Bonchev–Trinajstić information content (AvgIpc) is 2.90. The number of rotatable bonds is 4. The first-order valence-electron chi connectivity index (χ1n) is 6.06. The summed E-state index contributed by atoms with van der Waals surface area (Å²) in [6, 6.07) is 7.79. The van der Waals surface area contributed by atoms with Gasteiger partial charge in [0.2, 0.25) is 0 Å². The van der Waals surface area contributed by atoms with E-state index in [2.05, 4.69) is 9.97 Å². The van der Waals surface area contributed by atoms with E-state index in [-0.39, 0.29) is 11.4 Å². The minimum absolute atomic E-state index is 0.0767. The van der Waals surface area contributed by atoms with Crippen LogP contribution >= 0.6 is 0 Å². The van der Waals surface area contributed by atoms with Crippen molar-refractivity contribution < 1.29 is 14.7 Å². The smallest absolute Gasteiger partial charge is 0.354 e. The second-order valence-corrected chi connectivity index (χ2v) is 4.58. The topological polar surface area (TPSA) is 86.3 Å². The Morgan fingerprint density at radius 2 is 1.95 bits per heavy atom. The number of aromatic nitrogens is 2. The molecule has 0 fully saturated rings. The van der Waals surface area contributed by atoms with E-state index in [4.69, 9.17) is 5.11 Å². The summed E-state index contributed by atoms with van der Waals surface area (Å²) in [6.45, 7) is 2.38. The number of benzene rings is 1. The van der Waals surface area contributed by atoms with Crippen LogP contribution in [0.4, 0.5) is 0 Å². The number of imidazole rings is 1. The van der Waals surface area contributed by atoms with Crippen LogP contribution in [0.2, 0.25) is 0 Å². The van der Waals surface area contributed by atoms with Crippen molar-refractivity contribution in [1.82, 2.24) is 14.9 Å². The van der Waals surface area contributed by atoms with Gasteiger partial charge in [-0.2, -0.15) is 0 Å². The number of hydrogen-bond donors (Lipinski definition) is 2. The van der Waals surface area contributed by atoms with Gasteiger partial charge in [-0.25, -0.2) is 9.78 Å². The fourth-order valence-electron chi connectivity index (χ4n) is 1.84. The van der Waals surface area contributed by atoms with Crippen LogP contribution in [0.5, 0.6) is 0 Å². The molecule has 1 amide bonds. The lowest BCUT2D eigenvalue weighted by Crippen LogP contribution is -2.28. The number of carboxylic acids is 1. The lowest BCUT2D eigenvalue weighted by Gasteiger charge is -2.16. The maximum absolute atomic E-state index is 12.2. The number of nitrogens with one attached hydrogen (secondary N) is 1. The summed E-state index contributed by atoms with van der Waals surface area (Å²) in [5.41, 5.74) is 1.85. The molecule has 1 heterocycles. The molecule has 0 atom stereocenters. The Bertz CT molecular complexity index is 631. The van der Waals surface area contributed by atoms with Crippen LogP contribution in [0.3, 0.4) is 0 Å². The Morgan fingerprint density at radius 1 is 1.30 bits per heavy atom. The van der Waals surface area contributed by atoms with Gasteiger partial charge in [0.25, 0.3) is 5.91 Å². The summed E-state index contributed by atoms with van der Waals surface area (Å²) in [4.78, 5) is 30.8. The third-order valence-corrected chi connectivity index (χ3v) is 2.94. The second kappa shape index (κ2) is 5.56. The van der Waals surface area contributed by atoms with Crippen molar-refractivity contribution in [2.24, 2.45) is 0 Å². The summed E-state index contributed by atoms with van der Waals surface area (Å²) in [5.74, 6) is -1.63. The highest BCUT2D eigenvalue weighted by molar-refractivity contribution is 6.02. The van der Waals surface area contributed by atoms with Crippen molar-refractivity contribution in [3.63, 3.8) is 0 Å². The zero-order valence-electron chi connectivity index (χ0n) is 11.3. The third kappa shape index (κ3) is 2.85. The van der Waals surface area contributed by atoms with Gasteiger partial charge in [0, 0.05) is 13.6 Å². The lowest BCUT2D eigenvalue weighted by atomic mass is 10.1. The normalized spacial score (nSPS) is 10.3. The van der Waals surface area contributed by atoms with Gasteiger partial charge in [0.05, 0.1) is 6.33 Å². The molecule has 1 aromatic carbocycles. The van der Waals surface area contributed by atoms with Crippen molar-refractivity contribution in [3.8, 4) is 0 Å². The summed E-state index contributed by atoms with van der Waals surface area (Å²) in [7, 11) is 1.61. The quantitative estimate of drug-likeness (QED) is 0.887. The number of nitrogens with zero attached hydrogens (tertiary/aromatic N) is 2. The minimum Gasteiger partial charge on any atom is -0.477 e. The van der Waals surface area contributed by atoms with Crippen LogP contribution in [-0.2, 0) is 6.54 Å². The van der Waals surface area contributed by atoms with Gasteiger partial charge in [0.15, 0.2) is 11.4 Å². The van der Waals surface area contributed by atoms with Gasteiger partial charge in [-0.1, -0.05) is 29.8 Å². The molecule has 0 saturated carbocycles. The van der Waals surface area contributed by atoms with Crippen molar-refractivity contribution in [1.29, 1.82) is 0 Å². The van der Waals surface area contributed by atoms with Crippen LogP contribution in [-0.4, -0.2) is 38.9 Å². The number of carbonyl (C=O) groups excluding carboxylic acids is 1. The van der Waals surface area contributed by atoms with E-state index in [9.17, 15) is 9.59 Å². The van der Waals surface area contributed by atoms with Crippen LogP contribution in [0.1, 0.15) is 32.1 Å². The predicted octanol–water partition coefficient (Wildman–Crippen LogP) is 1.69. The highest BCUT2D eigenvalue weighted by atomic mass is 16.4. The van der Waals surface area contributed by atoms with Gasteiger partial charge in [-0.3, -0.25) is 4.79 Å². The molecule has 0 aliphatic carbocycles. The van der Waals surface area contributed by atoms with E-state index < -0.39 is 11.9 Å². The molecule has 0 bridgehead atoms. The van der Waals surface area contributed by atoms with Crippen molar-refractivity contribution in [3.05, 3.63) is 53.1 Å². The molecule has 2 N–H and O–H groups in total. The first kappa shape index (κ1) is 13.8. The molecule has 104 valence electrons. The lowest BCUT2D eigenvalue weighted by molar-refractivity contribution is 0.0674. The van der Waals surface area contributed by atoms with E-state index in [1.54, 1.807) is 7.05 Å². The first-order chi connectivity index (χ1) is 9.49. The number of amides is 1. The fourth-order valence-corrected chi connectivity index (χ4v) is 1.84. The molecule has 0 aliphatic rings. The first-order valence-corrected chi connectivity index (χ1v) is 6.06. The molecule has 0 unspecified atom stereocenters. The Balaban J connectivity index is 2.14. The molecular formula is C14H15N3O3. The summed E-state index contributed by atoms with van der Waals surface area (Å²) in [6.07, 6.45) is 1.20. The molecule has 20 heavy (non-hydrogen) atoms. The predicted molar refractivity (Wildman–Crippen MR) is 72.5 cm³/mol. The maximum Gasteiger partial charge on any atom is 0.354 e. The summed E-state index contributed by atoms with van der Waals surface area (Å²) < 4.78 is 0. The highest BCUT2D eigenvalue weighted by Gasteiger charge is 2.22. The van der Waals surface area contributed by atoms with Crippen LogP contribution in [0.25, 0.3) is 0 Å². The standard InChI is InChI=1S/C14H15N3O3/c1-9-3-5-10(6-4-9)7-17(2)13(18)11-12(14(19)20)16-8-15-11/h3-6,8H,7H2,1-2H3,(H,15,16)(H,19,20). The molecule has 6 nitrogen and oxygen atoms in total. The SMILES string of the molecule is Cc1ccc(CN(C)C(=O)c2nc[nH]c2C(=O)O)cc1. The van der Waals surface area contributed by atoms with Gasteiger partial charge in [0.1, 0.15) is 0 Å². The Kier molecular flexibility index (Phi) is 3.84. The van der Waals surface area contributed by atoms with Gasteiger partial charge < -0.3 is 15.0 Å². The van der Waals surface area contributed by atoms with Gasteiger partial charge >= 0.3 is 5.97 Å². The number of aryl methyl sites for hydroxylation is 1. The van der Waals surface area contributed by atoms with Gasteiger partial charge in [-0.05, 0) is 12.5 Å². The zero-order chi connectivity index (χ0) is 14.7. The molecule has 0 spiro atoms. The van der Waals surface area contributed by atoms with Crippen LogP contribution in [0.15, 0.2) is 30.6 Å². The highest BCUT2D eigenvalue weighted by Crippen LogP contribution is 2.10. The number of hydrogen-bond acceptors (Lipinski definition) is 3. The van der Waals surface area contributed by atoms with Crippen molar-refractivity contribution in [2.75, 3.05) is 7.05 Å². The molecule has 0 aliphatic heterocycles. The van der Waals surface area contributed by atoms with Crippen molar-refractivity contribution in [2.45, 2.75) is 13.5 Å². The van der Waals surface area contributed by atoms with Crippen molar-refractivity contribution >= 4 is 11.9 Å². The Labute approximate surface area is 116 Å². The number of H-pyrrole nitrogens is 1. The molecule has 0 radical (unpaired) electrons. The second-order valence-electron chi connectivity index (χ2n) is 4.58. The third-order valence-electron chi connectivity index (χ3n) is 2.94. The van der Waals surface area contributed by atoms with E-state index in [0.29, 0.717) is 6.54 Å². The monoisotopic (exact) mass is 273 g/mol. The molecular weight excluding hydrogens is 258 g/mol. The number of aromatic amines is 1. The molecule has 0 saturated heterocycles. The Hall–Kier alpha value is -2.63. The van der Waals surface area contributed by atoms with E-state index >= 15 is 0 Å². The van der Waals surface area contributed by atoms with Crippen LogP contribution in [0, 0.1) is 6.92 Å². The Morgan fingerprint density at radius 3 is 2.55 bits per heavy atom. The number of carbonyl (C=O) groups is 2. The van der Waals surface area contributed by atoms with Gasteiger partial charge in [-0.15, -0.1) is 0 Å². The van der Waals surface area contributed by atoms with E-state index in [0.717, 1.165) is 11.1 Å². The van der Waals surface area contributed by atoms with E-state index in [1.165, 1.54) is 11.2 Å². The average molecular weight is 273 g/mol. The number of aromatic carboxylic acids is 1. The minimum atomic E-state index is -1.20. The zero-order valence-corrected chi connectivity index (χ0v) is 11.3. The molecule has 2 rings (SSSR count). The summed E-state index contributed by atoms with van der Waals surface area (Å²) in [5, 5.41) is 8.96. The summed E-state index contributed by atoms with van der Waals surface area (Å²) >= 11 is 0. The molecule has 6 heteroatoms. The largest absolute Gasteiger partial charge is 0.477 e. The molecule has 2 aromatic rings. The fraction of sp³-hybridized carbons (Fsp3) is 0.214. The van der Waals surface area contributed by atoms with Crippen LogP contribution < -0.4 is 0 Å².